The van der Waals surface area contributed by atoms with E-state index in [4.69, 9.17) is 0 Å². The summed E-state index contributed by atoms with van der Waals surface area (Å²) < 4.78 is 40.8. The van der Waals surface area contributed by atoms with Crippen LogP contribution in [0.25, 0.3) is 0 Å². The Balaban J connectivity index is 2.62. The maximum absolute atomic E-state index is 12.1. The predicted molar refractivity (Wildman–Crippen MR) is 52.0 cm³/mol. The van der Waals surface area contributed by atoms with E-state index in [1.165, 1.54) is 13.2 Å². The summed E-state index contributed by atoms with van der Waals surface area (Å²) in [7, 11) is 1.24. The second kappa shape index (κ2) is 5.20. The molecular weight excluding hydrogens is 243 g/mol. The van der Waals surface area contributed by atoms with Gasteiger partial charge in [-0.3, -0.25) is 9.78 Å². The van der Waals surface area contributed by atoms with Gasteiger partial charge in [0.05, 0.1) is 12.9 Å². The number of esters is 1. The van der Waals surface area contributed by atoms with Crippen LogP contribution >= 0.6 is 11.8 Å². The normalized spacial score (nSPS) is 11.2. The Morgan fingerprint density at radius 1 is 1.50 bits per heavy atom. The molecule has 16 heavy (non-hydrogen) atoms. The summed E-state index contributed by atoms with van der Waals surface area (Å²) in [6, 6.07) is 2.14. The van der Waals surface area contributed by atoms with Gasteiger partial charge in [0.2, 0.25) is 0 Å². The Hall–Kier alpha value is -1.24. The van der Waals surface area contributed by atoms with Crippen LogP contribution in [0, 0.1) is 0 Å². The molecule has 7 heteroatoms. The van der Waals surface area contributed by atoms with Gasteiger partial charge in [0.15, 0.2) is 0 Å². The number of alkyl halides is 3. The summed E-state index contributed by atoms with van der Waals surface area (Å²) in [5.41, 5.74) is -0.949. The van der Waals surface area contributed by atoms with Crippen LogP contribution < -0.4 is 0 Å². The van der Waals surface area contributed by atoms with E-state index >= 15 is 0 Å². The van der Waals surface area contributed by atoms with E-state index in [2.05, 4.69) is 9.72 Å². The van der Waals surface area contributed by atoms with Gasteiger partial charge in [-0.2, -0.15) is 13.2 Å². The average Bonchev–Trinajstić information content (AvgIpc) is 2.25. The van der Waals surface area contributed by atoms with Crippen LogP contribution in [0.1, 0.15) is 5.69 Å². The zero-order chi connectivity index (χ0) is 12.2. The first-order valence-electron chi connectivity index (χ1n) is 4.16. The second-order valence-electron chi connectivity index (χ2n) is 2.74. The summed E-state index contributed by atoms with van der Waals surface area (Å²) in [6.45, 7) is 0. The van der Waals surface area contributed by atoms with Gasteiger partial charge in [-0.1, -0.05) is 0 Å². The predicted octanol–water partition coefficient (Wildman–Crippen LogP) is 2.37. The molecule has 0 amide bonds. The zero-order valence-corrected chi connectivity index (χ0v) is 9.06. The number of carbonyl (C=O) groups excluding carboxylic acids is 1. The highest BCUT2D eigenvalue weighted by Gasteiger charge is 2.31. The first-order chi connectivity index (χ1) is 7.43. The molecule has 1 aromatic rings. The number of nitrogens with zero attached hydrogens (tertiary/aromatic N) is 1. The first-order valence-corrected chi connectivity index (χ1v) is 5.15. The number of thioether (sulfide) groups is 1. The number of aromatic nitrogens is 1. The molecule has 0 N–H and O–H groups in total. The minimum atomic E-state index is -4.44. The first kappa shape index (κ1) is 12.8. The molecule has 0 bridgehead atoms. The van der Waals surface area contributed by atoms with Gasteiger partial charge in [0.1, 0.15) is 5.69 Å². The van der Waals surface area contributed by atoms with E-state index < -0.39 is 17.8 Å². The fourth-order valence-electron chi connectivity index (χ4n) is 0.835. The Kier molecular flexibility index (Phi) is 4.17. The van der Waals surface area contributed by atoms with Crippen molar-refractivity contribution in [3.05, 3.63) is 24.0 Å². The summed E-state index contributed by atoms with van der Waals surface area (Å²) in [5.74, 6) is -0.395. The fraction of sp³-hybridized carbons (Fsp3) is 0.333. The van der Waals surface area contributed by atoms with Gasteiger partial charge >= 0.3 is 12.1 Å². The molecule has 0 radical (unpaired) electrons. The molecule has 0 aliphatic rings. The van der Waals surface area contributed by atoms with Gasteiger partial charge in [0.25, 0.3) is 0 Å². The molecule has 0 aliphatic heterocycles. The molecule has 0 spiro atoms. The summed E-state index contributed by atoms with van der Waals surface area (Å²) in [6.07, 6.45) is -3.36. The highest BCUT2D eigenvalue weighted by Crippen LogP contribution is 2.28. The van der Waals surface area contributed by atoms with Crippen molar-refractivity contribution in [3.63, 3.8) is 0 Å². The highest BCUT2D eigenvalue weighted by atomic mass is 32.2. The molecule has 0 unspecified atom stereocenters. The second-order valence-corrected chi connectivity index (χ2v) is 3.79. The van der Waals surface area contributed by atoms with Crippen molar-refractivity contribution in [1.82, 2.24) is 4.98 Å². The van der Waals surface area contributed by atoms with E-state index in [0.717, 1.165) is 24.0 Å². The third kappa shape index (κ3) is 3.73. The summed E-state index contributed by atoms with van der Waals surface area (Å²) in [5, 5.41) is 0. The van der Waals surface area contributed by atoms with Crippen molar-refractivity contribution < 1.29 is 22.7 Å². The standard InChI is InChI=1S/C9H8F3NO2S/c1-15-8(14)5-16-6-2-3-7(13-4-6)9(10,11)12/h2-4H,5H2,1H3. The minimum absolute atomic E-state index is 0.0452. The summed E-state index contributed by atoms with van der Waals surface area (Å²) in [4.78, 5) is 14.5. The van der Waals surface area contributed by atoms with Crippen molar-refractivity contribution in [1.29, 1.82) is 0 Å². The van der Waals surface area contributed by atoms with Gasteiger partial charge < -0.3 is 4.74 Å². The highest BCUT2D eigenvalue weighted by molar-refractivity contribution is 8.00. The molecule has 1 rings (SSSR count). The Labute approximate surface area is 94.0 Å². The lowest BCUT2D eigenvalue weighted by molar-refractivity contribution is -0.141. The number of pyridine rings is 1. The zero-order valence-electron chi connectivity index (χ0n) is 8.25. The van der Waals surface area contributed by atoms with Crippen LogP contribution in [0.2, 0.25) is 0 Å². The number of hydrogen-bond donors (Lipinski definition) is 0. The van der Waals surface area contributed by atoms with E-state index in [1.807, 2.05) is 0 Å². The summed E-state index contributed by atoms with van der Waals surface area (Å²) >= 11 is 1.07. The maximum Gasteiger partial charge on any atom is 0.433 e. The lowest BCUT2D eigenvalue weighted by atomic mass is 10.3. The molecule has 0 fully saturated rings. The Morgan fingerprint density at radius 2 is 2.19 bits per heavy atom. The molecular formula is C9H8F3NO2S. The number of methoxy groups -OCH3 is 1. The molecule has 0 aliphatic carbocycles. The molecule has 88 valence electrons. The van der Waals surface area contributed by atoms with Crippen LogP contribution in [0.5, 0.6) is 0 Å². The molecule has 0 aromatic carbocycles. The topological polar surface area (TPSA) is 39.2 Å². The molecule has 1 aromatic heterocycles. The third-order valence-corrected chi connectivity index (χ3v) is 2.57. The number of rotatable bonds is 3. The lowest BCUT2D eigenvalue weighted by Gasteiger charge is -2.05. The quantitative estimate of drug-likeness (QED) is 0.610. The molecule has 0 saturated carbocycles. The maximum atomic E-state index is 12.1. The van der Waals surface area contributed by atoms with E-state index in [-0.39, 0.29) is 5.75 Å². The Morgan fingerprint density at radius 3 is 2.62 bits per heavy atom. The fourth-order valence-corrected chi connectivity index (χ4v) is 1.53. The number of halogens is 3. The lowest BCUT2D eigenvalue weighted by Crippen LogP contribution is -2.07. The molecule has 3 nitrogen and oxygen atoms in total. The number of ether oxygens (including phenoxy) is 1. The Bertz CT molecular complexity index is 364. The van der Waals surface area contributed by atoms with Crippen molar-refractivity contribution in [2.24, 2.45) is 0 Å². The number of carbonyl (C=O) groups is 1. The van der Waals surface area contributed by atoms with Crippen molar-refractivity contribution in [3.8, 4) is 0 Å². The van der Waals surface area contributed by atoms with E-state index in [9.17, 15) is 18.0 Å². The van der Waals surface area contributed by atoms with Gasteiger partial charge in [-0.05, 0) is 12.1 Å². The van der Waals surface area contributed by atoms with Gasteiger partial charge in [-0.15, -0.1) is 11.8 Å². The molecule has 1 heterocycles. The largest absolute Gasteiger partial charge is 0.468 e. The van der Waals surface area contributed by atoms with E-state index in [0.29, 0.717) is 4.90 Å². The van der Waals surface area contributed by atoms with Crippen molar-refractivity contribution in [2.45, 2.75) is 11.1 Å². The van der Waals surface area contributed by atoms with Gasteiger partial charge in [-0.25, -0.2) is 0 Å². The SMILES string of the molecule is COC(=O)CSc1ccc(C(F)(F)F)nc1. The molecule has 0 saturated heterocycles. The average molecular weight is 251 g/mol. The minimum Gasteiger partial charge on any atom is -0.468 e. The number of hydrogen-bond acceptors (Lipinski definition) is 4. The molecule has 0 atom stereocenters. The van der Waals surface area contributed by atoms with Crippen LogP contribution in [-0.4, -0.2) is 23.8 Å². The van der Waals surface area contributed by atoms with Gasteiger partial charge in [0, 0.05) is 11.1 Å². The third-order valence-electron chi connectivity index (χ3n) is 1.61. The van der Waals surface area contributed by atoms with Crippen LogP contribution in [0.3, 0.4) is 0 Å². The van der Waals surface area contributed by atoms with Crippen molar-refractivity contribution in [2.75, 3.05) is 12.9 Å². The van der Waals surface area contributed by atoms with Crippen LogP contribution in [0.15, 0.2) is 23.2 Å². The monoisotopic (exact) mass is 251 g/mol. The van der Waals surface area contributed by atoms with Crippen LogP contribution in [0.4, 0.5) is 13.2 Å². The smallest absolute Gasteiger partial charge is 0.433 e. The van der Waals surface area contributed by atoms with Crippen LogP contribution in [-0.2, 0) is 15.7 Å². The van der Waals surface area contributed by atoms with Crippen molar-refractivity contribution >= 4 is 17.7 Å². The van der Waals surface area contributed by atoms with E-state index in [1.54, 1.807) is 0 Å².